The van der Waals surface area contributed by atoms with Gasteiger partial charge in [0, 0.05) is 29.8 Å². The highest BCUT2D eigenvalue weighted by atomic mass is 32.1. The van der Waals surface area contributed by atoms with Crippen molar-refractivity contribution in [2.45, 2.75) is 52.0 Å². The van der Waals surface area contributed by atoms with Gasteiger partial charge in [-0.2, -0.15) is 0 Å². The maximum absolute atomic E-state index is 11.9. The van der Waals surface area contributed by atoms with E-state index < -0.39 is 0 Å². The van der Waals surface area contributed by atoms with Crippen molar-refractivity contribution in [3.8, 4) is 0 Å². The second kappa shape index (κ2) is 6.48. The number of nitrogens with zero attached hydrogens (tertiary/aromatic N) is 1. The van der Waals surface area contributed by atoms with Gasteiger partial charge in [-0.05, 0) is 39.5 Å². The van der Waals surface area contributed by atoms with Gasteiger partial charge in [-0.15, -0.1) is 11.3 Å². The Morgan fingerprint density at radius 1 is 1.47 bits per heavy atom. The molecule has 0 spiro atoms. The molecule has 1 aliphatic carbocycles. The number of nitrogens with one attached hydrogen (secondary N) is 1. The lowest BCUT2D eigenvalue weighted by Crippen LogP contribution is -2.31. The molecular weight excluding hydrogens is 258 g/mol. The van der Waals surface area contributed by atoms with Gasteiger partial charge in [0.15, 0.2) is 0 Å². The fraction of sp³-hybridized carbons (Fsp3) is 0.714. The smallest absolute Gasteiger partial charge is 0.223 e. The van der Waals surface area contributed by atoms with Crippen LogP contribution in [0.15, 0.2) is 0 Å². The van der Waals surface area contributed by atoms with Crippen LogP contribution in [0, 0.1) is 19.8 Å². The number of hydrogen-bond donors (Lipinski definition) is 2. The van der Waals surface area contributed by atoms with Crippen molar-refractivity contribution in [1.29, 1.82) is 0 Å². The summed E-state index contributed by atoms with van der Waals surface area (Å²) in [5.74, 6) is 0.318. The Labute approximate surface area is 118 Å². The molecule has 4 nitrogen and oxygen atoms in total. The normalized spacial score (nSPS) is 22.7. The first-order chi connectivity index (χ1) is 9.06. The van der Waals surface area contributed by atoms with E-state index in [4.69, 9.17) is 5.73 Å². The van der Waals surface area contributed by atoms with Crippen molar-refractivity contribution >= 4 is 17.2 Å². The minimum atomic E-state index is 0.138. The van der Waals surface area contributed by atoms with E-state index in [1.807, 2.05) is 6.92 Å². The number of carbonyl (C=O) groups is 1. The molecule has 1 saturated carbocycles. The highest BCUT2D eigenvalue weighted by Crippen LogP contribution is 2.24. The van der Waals surface area contributed by atoms with Crippen LogP contribution in [0.25, 0.3) is 0 Å². The molecule has 0 radical (unpaired) electrons. The number of thiazole rings is 1. The van der Waals surface area contributed by atoms with Gasteiger partial charge < -0.3 is 11.1 Å². The first-order valence-electron chi connectivity index (χ1n) is 7.02. The van der Waals surface area contributed by atoms with Crippen molar-refractivity contribution < 1.29 is 4.79 Å². The minimum Gasteiger partial charge on any atom is -0.356 e. The quantitative estimate of drug-likeness (QED) is 0.810. The van der Waals surface area contributed by atoms with E-state index in [2.05, 4.69) is 17.2 Å². The third-order valence-electron chi connectivity index (χ3n) is 3.78. The molecule has 19 heavy (non-hydrogen) atoms. The summed E-state index contributed by atoms with van der Waals surface area (Å²) < 4.78 is 0. The fourth-order valence-corrected chi connectivity index (χ4v) is 3.47. The predicted octanol–water partition coefficient (Wildman–Crippen LogP) is 1.94. The van der Waals surface area contributed by atoms with Crippen molar-refractivity contribution in [2.75, 3.05) is 6.54 Å². The number of carbonyl (C=O) groups excluding carboxylic acids is 1. The van der Waals surface area contributed by atoms with Crippen LogP contribution in [0.3, 0.4) is 0 Å². The lowest BCUT2D eigenvalue weighted by Gasteiger charge is -2.10. The van der Waals surface area contributed by atoms with E-state index in [0.717, 1.165) is 44.3 Å². The topological polar surface area (TPSA) is 68.0 Å². The molecule has 2 atom stereocenters. The van der Waals surface area contributed by atoms with Crippen molar-refractivity contribution in [3.05, 3.63) is 15.6 Å². The van der Waals surface area contributed by atoms with Gasteiger partial charge in [-0.1, -0.05) is 0 Å². The van der Waals surface area contributed by atoms with E-state index in [1.165, 1.54) is 9.88 Å². The predicted molar refractivity (Wildman–Crippen MR) is 78.2 cm³/mol. The third kappa shape index (κ3) is 4.01. The number of aryl methyl sites for hydroxylation is 3. The van der Waals surface area contributed by atoms with Gasteiger partial charge in [0.1, 0.15) is 0 Å². The first kappa shape index (κ1) is 14.5. The van der Waals surface area contributed by atoms with Crippen LogP contribution in [-0.2, 0) is 11.2 Å². The van der Waals surface area contributed by atoms with Gasteiger partial charge in [0.2, 0.25) is 5.91 Å². The summed E-state index contributed by atoms with van der Waals surface area (Å²) in [6.45, 7) is 4.88. The highest BCUT2D eigenvalue weighted by Gasteiger charge is 2.27. The SMILES string of the molecule is Cc1nc(CCCNC(=O)[C@@H]2CC[C@H](N)C2)sc1C. The molecule has 1 aromatic rings. The Balaban J connectivity index is 1.65. The lowest BCUT2D eigenvalue weighted by atomic mass is 10.1. The number of rotatable bonds is 5. The zero-order valence-corrected chi connectivity index (χ0v) is 12.6. The molecule has 0 aromatic carbocycles. The molecule has 3 N–H and O–H groups in total. The van der Waals surface area contributed by atoms with Gasteiger partial charge in [-0.25, -0.2) is 4.98 Å². The largest absolute Gasteiger partial charge is 0.356 e. The Morgan fingerprint density at radius 3 is 2.84 bits per heavy atom. The summed E-state index contributed by atoms with van der Waals surface area (Å²) >= 11 is 1.76. The molecule has 0 bridgehead atoms. The summed E-state index contributed by atoms with van der Waals surface area (Å²) in [6, 6.07) is 0.219. The molecule has 2 rings (SSSR count). The number of hydrogen-bond acceptors (Lipinski definition) is 4. The maximum Gasteiger partial charge on any atom is 0.223 e. The molecule has 5 heteroatoms. The van der Waals surface area contributed by atoms with Crippen LogP contribution in [0.2, 0.25) is 0 Å². The molecule has 1 amide bonds. The van der Waals surface area contributed by atoms with Crippen LogP contribution in [0.4, 0.5) is 0 Å². The van der Waals surface area contributed by atoms with Crippen molar-refractivity contribution in [2.24, 2.45) is 11.7 Å². The lowest BCUT2D eigenvalue weighted by molar-refractivity contribution is -0.124. The molecule has 1 fully saturated rings. The zero-order valence-electron chi connectivity index (χ0n) is 11.7. The maximum atomic E-state index is 11.9. The molecule has 0 saturated heterocycles. The highest BCUT2D eigenvalue weighted by molar-refractivity contribution is 7.11. The standard InChI is InChI=1S/C14H23N3OS/c1-9-10(2)19-13(17-9)4-3-7-16-14(18)11-5-6-12(15)8-11/h11-12H,3-8,15H2,1-2H3,(H,16,18)/t11-,12+/m1/s1. The summed E-state index contributed by atoms with van der Waals surface area (Å²) in [5, 5.41) is 4.19. The Kier molecular flexibility index (Phi) is 4.93. The zero-order chi connectivity index (χ0) is 13.8. The van der Waals surface area contributed by atoms with Crippen LogP contribution in [0.5, 0.6) is 0 Å². The molecule has 0 aliphatic heterocycles. The third-order valence-corrected chi connectivity index (χ3v) is 4.92. The van der Waals surface area contributed by atoms with Crippen LogP contribution < -0.4 is 11.1 Å². The van der Waals surface area contributed by atoms with E-state index in [0.29, 0.717) is 0 Å². The van der Waals surface area contributed by atoms with Crippen LogP contribution >= 0.6 is 11.3 Å². The van der Waals surface area contributed by atoms with Crippen molar-refractivity contribution in [1.82, 2.24) is 10.3 Å². The van der Waals surface area contributed by atoms with E-state index >= 15 is 0 Å². The number of aromatic nitrogens is 1. The number of nitrogens with two attached hydrogens (primary N) is 1. The van der Waals surface area contributed by atoms with Crippen LogP contribution in [0.1, 0.15) is 41.3 Å². The van der Waals surface area contributed by atoms with E-state index in [9.17, 15) is 4.79 Å². The minimum absolute atomic E-state index is 0.138. The average Bonchev–Trinajstić information content (AvgIpc) is 2.92. The second-order valence-corrected chi connectivity index (χ2v) is 6.70. The second-order valence-electron chi connectivity index (χ2n) is 5.41. The summed E-state index contributed by atoms with van der Waals surface area (Å²) in [4.78, 5) is 17.7. The molecule has 1 aliphatic rings. The van der Waals surface area contributed by atoms with Crippen LogP contribution in [-0.4, -0.2) is 23.5 Å². The summed E-state index contributed by atoms with van der Waals surface area (Å²) in [6.07, 6.45) is 4.67. The molecule has 106 valence electrons. The monoisotopic (exact) mass is 281 g/mol. The first-order valence-corrected chi connectivity index (χ1v) is 7.84. The Bertz CT molecular complexity index is 424. The summed E-state index contributed by atoms with van der Waals surface area (Å²) in [5.41, 5.74) is 6.95. The molecule has 1 heterocycles. The molecular formula is C14H23N3OS. The van der Waals surface area contributed by atoms with E-state index in [1.54, 1.807) is 11.3 Å². The van der Waals surface area contributed by atoms with Gasteiger partial charge in [0.05, 0.1) is 10.7 Å². The van der Waals surface area contributed by atoms with E-state index in [-0.39, 0.29) is 17.9 Å². The van der Waals surface area contributed by atoms with Gasteiger partial charge >= 0.3 is 0 Å². The molecule has 0 unspecified atom stereocenters. The van der Waals surface area contributed by atoms with Gasteiger partial charge in [-0.3, -0.25) is 4.79 Å². The Hall–Kier alpha value is -0.940. The average molecular weight is 281 g/mol. The Morgan fingerprint density at radius 2 is 2.26 bits per heavy atom. The summed E-state index contributed by atoms with van der Waals surface area (Å²) in [7, 11) is 0. The fourth-order valence-electron chi connectivity index (χ4n) is 2.50. The number of amides is 1. The van der Waals surface area contributed by atoms with Crippen molar-refractivity contribution in [3.63, 3.8) is 0 Å². The molecule has 1 aromatic heterocycles. The van der Waals surface area contributed by atoms with Gasteiger partial charge in [0.25, 0.3) is 0 Å².